The Morgan fingerprint density at radius 2 is 1.50 bits per heavy atom. The van der Waals surface area contributed by atoms with Gasteiger partial charge in [-0.3, -0.25) is 4.98 Å². The monoisotopic (exact) mass is 320 g/mol. The Morgan fingerprint density at radius 1 is 1.14 bits per heavy atom. The first-order chi connectivity index (χ1) is 6.28. The number of rotatable bonds is 2. The van der Waals surface area contributed by atoms with Crippen molar-refractivity contribution in [3.63, 3.8) is 0 Å². The molecule has 0 aliphatic heterocycles. The van der Waals surface area contributed by atoms with E-state index < -0.39 is 0 Å². The summed E-state index contributed by atoms with van der Waals surface area (Å²) in [6.07, 6.45) is 1.52. The van der Waals surface area contributed by atoms with Gasteiger partial charge in [-0.1, -0.05) is 6.07 Å². The van der Waals surface area contributed by atoms with Crippen LogP contribution in [0.15, 0.2) is 18.2 Å². The number of hydrogen-bond donors (Lipinski definition) is 0. The van der Waals surface area contributed by atoms with Crippen molar-refractivity contribution in [2.75, 3.05) is 0 Å². The van der Waals surface area contributed by atoms with E-state index in [1.165, 1.54) is 0 Å². The first kappa shape index (κ1) is 16.8. The Bertz CT molecular complexity index is 212. The zero-order valence-electron chi connectivity index (χ0n) is 8.12. The third-order valence-corrected chi connectivity index (χ3v) is 1.38. The number of pyridine rings is 1. The molecule has 0 atom stereocenters. The minimum atomic E-state index is -0.346. The van der Waals surface area contributed by atoms with Crippen LogP contribution in [0.5, 0.6) is 0 Å². The molecule has 0 radical (unpaired) electrons. The molecular weight excluding hydrogens is 306 g/mol. The van der Waals surface area contributed by atoms with Crippen LogP contribution in [0.1, 0.15) is 11.4 Å². The van der Waals surface area contributed by atoms with Gasteiger partial charge in [0.25, 0.3) is 0 Å². The predicted molar refractivity (Wildman–Crippen MR) is 60.5 cm³/mol. The maximum atomic E-state index is 4.85. The van der Waals surface area contributed by atoms with Gasteiger partial charge in [0, 0.05) is 11.4 Å². The van der Waals surface area contributed by atoms with Crippen LogP contribution in [-0.4, -0.2) is 4.98 Å². The Kier molecular flexibility index (Phi) is 13.7. The number of nitrogens with zero attached hydrogens (tertiary/aromatic N) is 1. The summed E-state index contributed by atoms with van der Waals surface area (Å²) in [6.45, 7) is 7.50. The van der Waals surface area contributed by atoms with Gasteiger partial charge < -0.3 is 21.3 Å². The quantitative estimate of drug-likeness (QED) is 0.599. The van der Waals surface area contributed by atoms with Crippen LogP contribution < -0.4 is 0 Å². The van der Waals surface area contributed by atoms with Gasteiger partial charge in [0.1, 0.15) is 0 Å². The molecule has 0 aromatic carbocycles. The van der Waals surface area contributed by atoms with E-state index in [1.807, 2.05) is 18.2 Å². The molecule has 0 aliphatic rings. The molecule has 0 saturated carbocycles. The Morgan fingerprint density at radius 3 is 1.79 bits per heavy atom. The zero-order chi connectivity index (χ0) is 10.1. The summed E-state index contributed by atoms with van der Waals surface area (Å²) in [5, 5.41) is 0. The summed E-state index contributed by atoms with van der Waals surface area (Å²) in [5.74, 6) is 0. The average molecular weight is 320 g/mol. The van der Waals surface area contributed by atoms with Crippen molar-refractivity contribution in [3.05, 3.63) is 50.9 Å². The molecule has 4 heteroatoms. The van der Waals surface area contributed by atoms with E-state index in [4.69, 9.17) is 19.4 Å². The van der Waals surface area contributed by atoms with Crippen LogP contribution in [-0.2, 0) is 28.0 Å². The van der Waals surface area contributed by atoms with Gasteiger partial charge in [0.05, 0.1) is 0 Å². The molecule has 0 spiro atoms. The van der Waals surface area contributed by atoms with Crippen molar-refractivity contribution in [3.8, 4) is 0 Å². The Labute approximate surface area is 103 Å². The second-order valence-corrected chi connectivity index (χ2v) is 4.81. The van der Waals surface area contributed by atoms with Crippen molar-refractivity contribution < 1.29 is 15.1 Å². The number of hydrogen-bond acceptors (Lipinski definition) is 1. The van der Waals surface area contributed by atoms with Gasteiger partial charge in [0.15, 0.2) is 0 Å². The second kappa shape index (κ2) is 11.4. The van der Waals surface area contributed by atoms with Gasteiger partial charge in [-0.2, -0.15) is 0 Å². The van der Waals surface area contributed by atoms with Gasteiger partial charge in [-0.25, -0.2) is 0 Å². The normalized spacial score (nSPS) is 8.57. The van der Waals surface area contributed by atoms with Crippen molar-refractivity contribution in [2.24, 2.45) is 0 Å². The number of halogens is 2. The molecule has 1 nitrogen and oxygen atoms in total. The molecule has 0 amide bonds. The fourth-order valence-electron chi connectivity index (χ4n) is 0.808. The van der Waals surface area contributed by atoms with Gasteiger partial charge in [-0.15, -0.1) is 12.8 Å². The van der Waals surface area contributed by atoms with Gasteiger partial charge in [-0.05, 0) is 12.1 Å². The first-order valence-electron chi connectivity index (χ1n) is 3.67. The fraction of sp³-hybridized carbons (Fsp3) is 0.200. The van der Waals surface area contributed by atoms with Crippen molar-refractivity contribution in [1.29, 1.82) is 0 Å². The van der Waals surface area contributed by atoms with Crippen molar-refractivity contribution in [2.45, 2.75) is 12.8 Å². The van der Waals surface area contributed by atoms with Crippen LogP contribution in [0.3, 0.4) is 0 Å². The van der Waals surface area contributed by atoms with E-state index in [0.29, 0.717) is 0 Å². The van der Waals surface area contributed by atoms with Crippen LogP contribution in [0.4, 0.5) is 0 Å². The maximum absolute atomic E-state index is 4.85. The minimum absolute atomic E-state index is 0. The summed E-state index contributed by atoms with van der Waals surface area (Å²) in [4.78, 5) is 4.28. The third-order valence-electron chi connectivity index (χ3n) is 1.38. The molecule has 1 heterocycles. The predicted octanol–water partition coefficient (Wildman–Crippen LogP) is 3.66. The molecule has 1 aromatic rings. The molecular formula is C10H14Cl2NRu-3. The average Bonchev–Trinajstić information content (AvgIpc) is 2.19. The van der Waals surface area contributed by atoms with Crippen LogP contribution in [0.2, 0.25) is 0 Å². The van der Waals surface area contributed by atoms with E-state index in [-0.39, 0.29) is 22.6 Å². The van der Waals surface area contributed by atoms with Gasteiger partial charge >= 0.3 is 34.5 Å². The Hall–Kier alpha value is 0.353. The van der Waals surface area contributed by atoms with Crippen molar-refractivity contribution >= 4 is 19.4 Å². The topological polar surface area (TPSA) is 12.9 Å². The molecule has 84 valence electrons. The molecule has 0 fully saturated rings. The third kappa shape index (κ3) is 7.73. The van der Waals surface area contributed by atoms with E-state index in [0.717, 1.165) is 24.2 Å². The SMILES string of the molecule is [CH2-]Cc1cccc(C[CH2-])n1.[CH3-].[Cl][Ru][Cl]. The molecule has 0 N–H and O–H groups in total. The van der Waals surface area contributed by atoms with E-state index in [9.17, 15) is 0 Å². The molecule has 0 bridgehead atoms. The Balaban J connectivity index is 0. The van der Waals surface area contributed by atoms with Crippen molar-refractivity contribution in [1.82, 2.24) is 4.98 Å². The first-order valence-corrected chi connectivity index (χ1v) is 8.14. The second-order valence-electron chi connectivity index (χ2n) is 2.17. The van der Waals surface area contributed by atoms with E-state index in [2.05, 4.69) is 18.8 Å². The summed E-state index contributed by atoms with van der Waals surface area (Å²) < 4.78 is 0. The van der Waals surface area contributed by atoms with Crippen LogP contribution in [0, 0.1) is 21.3 Å². The summed E-state index contributed by atoms with van der Waals surface area (Å²) in [5.41, 5.74) is 2.09. The number of aromatic nitrogens is 1. The molecule has 0 unspecified atom stereocenters. The summed E-state index contributed by atoms with van der Waals surface area (Å²) in [7, 11) is 9.71. The zero-order valence-corrected chi connectivity index (χ0v) is 11.4. The molecule has 14 heavy (non-hydrogen) atoms. The van der Waals surface area contributed by atoms with Gasteiger partial charge in [0.2, 0.25) is 0 Å². The summed E-state index contributed by atoms with van der Waals surface area (Å²) >= 11 is -0.346. The fourth-order valence-corrected chi connectivity index (χ4v) is 0.808. The molecule has 0 saturated heterocycles. The van der Waals surface area contributed by atoms with E-state index in [1.54, 1.807) is 0 Å². The van der Waals surface area contributed by atoms with Crippen LogP contribution in [0.25, 0.3) is 0 Å². The molecule has 1 aromatic heterocycles. The summed E-state index contributed by atoms with van der Waals surface area (Å²) in [6, 6.07) is 5.95. The van der Waals surface area contributed by atoms with E-state index >= 15 is 0 Å². The molecule has 1 rings (SSSR count). The molecule has 0 aliphatic carbocycles. The van der Waals surface area contributed by atoms with Crippen LogP contribution >= 0.6 is 19.4 Å². The standard InChI is InChI=1S/C9H11N.CH3.2ClH.Ru/c1-3-8-6-5-7-9(4-2)10-8;;;;/h5-7H,1-4H2;1H3;2*1H;/q-2;-1;;;+2/p-2.